The number of aromatic nitrogens is 7. The molecule has 1 aliphatic heterocycles. The van der Waals surface area contributed by atoms with Gasteiger partial charge in [-0.05, 0) is 45.6 Å². The number of Topliss-reactive ketones (excluding diaryl/α,β-unsaturated/α-hetero) is 1. The zero-order valence-corrected chi connectivity index (χ0v) is 21.6. The number of carbonyl (C=O) groups is 2. The summed E-state index contributed by atoms with van der Waals surface area (Å²) in [5.74, 6) is -0.337. The molecule has 5 heterocycles. The molecule has 0 saturated carbocycles. The number of nitrogen functional groups attached to an aromatic ring is 1. The highest BCUT2D eigenvalue weighted by Crippen LogP contribution is 2.34. The van der Waals surface area contributed by atoms with Crippen molar-refractivity contribution in [2.45, 2.75) is 63.9 Å². The molecular formula is C25H26F3N9O3. The standard InChI is InChI=1S/C25H26F3N9O3/c1-12-3-5-15(36(12)24(40)22-31-11-32-35-22)6-8-17-19(13(2)38)21(29)37-23(34-17)16(10-33-37)14-4-7-18(30-9-14)20(39)25(26,27)28/h4,7,9-12,15,20,39H,3,5-6,8,29H2,1-2H3,(H,31,32,35)/t12-,15-,20?/m1/s1. The van der Waals surface area contributed by atoms with E-state index in [9.17, 15) is 27.9 Å². The summed E-state index contributed by atoms with van der Waals surface area (Å²) in [6.45, 7) is 3.34. The van der Waals surface area contributed by atoms with Crippen LogP contribution in [0.2, 0.25) is 0 Å². The molecule has 40 heavy (non-hydrogen) atoms. The maximum absolute atomic E-state index is 13.0. The number of aliphatic hydroxyl groups excluding tert-OH is 1. The Hall–Kier alpha value is -4.40. The summed E-state index contributed by atoms with van der Waals surface area (Å²) in [6, 6.07) is 2.31. The van der Waals surface area contributed by atoms with Crippen molar-refractivity contribution in [1.82, 2.24) is 39.7 Å². The Labute approximate surface area is 225 Å². The molecule has 0 radical (unpaired) electrons. The number of aliphatic hydroxyl groups is 1. The predicted octanol–water partition coefficient (Wildman–Crippen LogP) is 2.92. The first-order chi connectivity index (χ1) is 19.0. The fourth-order valence-electron chi connectivity index (χ4n) is 5.18. The van der Waals surface area contributed by atoms with E-state index in [-0.39, 0.29) is 46.6 Å². The molecule has 0 aliphatic carbocycles. The lowest BCUT2D eigenvalue weighted by Crippen LogP contribution is -2.40. The first-order valence-corrected chi connectivity index (χ1v) is 12.5. The van der Waals surface area contributed by atoms with Gasteiger partial charge in [0.05, 0.1) is 23.1 Å². The number of anilines is 1. The van der Waals surface area contributed by atoms with E-state index in [0.717, 1.165) is 18.9 Å². The van der Waals surface area contributed by atoms with E-state index in [0.29, 0.717) is 29.7 Å². The number of likely N-dealkylation sites (tertiary alicyclic amines) is 1. The van der Waals surface area contributed by atoms with Crippen LogP contribution in [0.25, 0.3) is 16.8 Å². The van der Waals surface area contributed by atoms with Gasteiger partial charge in [0.1, 0.15) is 12.1 Å². The van der Waals surface area contributed by atoms with Crippen molar-refractivity contribution < 1.29 is 27.9 Å². The molecular weight excluding hydrogens is 531 g/mol. The van der Waals surface area contributed by atoms with E-state index in [4.69, 9.17) is 10.7 Å². The van der Waals surface area contributed by atoms with Gasteiger partial charge in [-0.1, -0.05) is 6.07 Å². The van der Waals surface area contributed by atoms with E-state index in [1.807, 2.05) is 6.92 Å². The maximum Gasteiger partial charge on any atom is 0.420 e. The van der Waals surface area contributed by atoms with Crippen LogP contribution in [0.5, 0.6) is 0 Å². The Balaban J connectivity index is 1.46. The molecule has 5 rings (SSSR count). The Morgan fingerprint density at radius 3 is 2.62 bits per heavy atom. The third-order valence-electron chi connectivity index (χ3n) is 7.15. The van der Waals surface area contributed by atoms with Gasteiger partial charge in [0, 0.05) is 29.4 Å². The van der Waals surface area contributed by atoms with Crippen molar-refractivity contribution in [3.63, 3.8) is 0 Å². The number of nitrogens with zero attached hydrogens (tertiary/aromatic N) is 7. The second kappa shape index (κ2) is 10.3. The van der Waals surface area contributed by atoms with E-state index in [2.05, 4.69) is 25.3 Å². The van der Waals surface area contributed by atoms with Crippen molar-refractivity contribution in [1.29, 1.82) is 0 Å². The highest BCUT2D eigenvalue weighted by molar-refractivity contribution is 6.00. The molecule has 210 valence electrons. The third kappa shape index (κ3) is 4.87. The van der Waals surface area contributed by atoms with Crippen LogP contribution >= 0.6 is 0 Å². The fourth-order valence-corrected chi connectivity index (χ4v) is 5.18. The zero-order chi connectivity index (χ0) is 28.8. The summed E-state index contributed by atoms with van der Waals surface area (Å²) >= 11 is 0. The zero-order valence-electron chi connectivity index (χ0n) is 21.6. The van der Waals surface area contributed by atoms with Crippen molar-refractivity contribution in [3.8, 4) is 11.1 Å². The third-order valence-corrected chi connectivity index (χ3v) is 7.15. The van der Waals surface area contributed by atoms with E-state index in [1.54, 1.807) is 4.90 Å². The second-order valence-corrected chi connectivity index (χ2v) is 9.75. The smallest absolute Gasteiger partial charge is 0.383 e. The molecule has 3 atom stereocenters. The monoisotopic (exact) mass is 557 g/mol. The van der Waals surface area contributed by atoms with Gasteiger partial charge in [-0.25, -0.2) is 9.97 Å². The summed E-state index contributed by atoms with van der Waals surface area (Å²) in [4.78, 5) is 39.8. The number of nitrogens with one attached hydrogen (secondary N) is 1. The number of rotatable bonds is 7. The Kier molecular flexibility index (Phi) is 6.99. The van der Waals surface area contributed by atoms with Gasteiger partial charge in [0.25, 0.3) is 5.91 Å². The minimum atomic E-state index is -4.85. The molecule has 4 aromatic rings. The van der Waals surface area contributed by atoms with Gasteiger partial charge in [0.2, 0.25) is 5.82 Å². The number of alkyl halides is 3. The molecule has 4 N–H and O–H groups in total. The summed E-state index contributed by atoms with van der Waals surface area (Å²) in [7, 11) is 0. The lowest BCUT2D eigenvalue weighted by molar-refractivity contribution is -0.207. The predicted molar refractivity (Wildman–Crippen MR) is 135 cm³/mol. The number of aromatic amines is 1. The van der Waals surface area contributed by atoms with Gasteiger partial charge >= 0.3 is 6.18 Å². The number of pyridine rings is 1. The van der Waals surface area contributed by atoms with Crippen LogP contribution in [-0.4, -0.2) is 74.7 Å². The second-order valence-electron chi connectivity index (χ2n) is 9.75. The molecule has 12 nitrogen and oxygen atoms in total. The van der Waals surface area contributed by atoms with Crippen LogP contribution in [0.4, 0.5) is 19.0 Å². The average Bonchev–Trinajstić information content (AvgIpc) is 3.66. The quantitative estimate of drug-likeness (QED) is 0.289. The SMILES string of the molecule is CC(=O)c1c(CC[C@H]2CC[C@@H](C)N2C(=O)c2ncn[nH]2)nc2c(-c3ccc(C(O)C(F)(F)F)nc3)cnn2c1N. The fraction of sp³-hybridized carbons (Fsp3) is 0.400. The topological polar surface area (TPSA) is 168 Å². The van der Waals surface area contributed by atoms with Gasteiger partial charge in [-0.2, -0.15) is 27.9 Å². The number of ketones is 1. The molecule has 1 unspecified atom stereocenters. The average molecular weight is 558 g/mol. The lowest BCUT2D eigenvalue weighted by atomic mass is 10.0. The lowest BCUT2D eigenvalue weighted by Gasteiger charge is -2.28. The number of nitrogens with two attached hydrogens (primary N) is 1. The Morgan fingerprint density at radius 2 is 2.00 bits per heavy atom. The molecule has 15 heteroatoms. The summed E-state index contributed by atoms with van der Waals surface area (Å²) in [5, 5.41) is 20.1. The molecule has 0 bridgehead atoms. The summed E-state index contributed by atoms with van der Waals surface area (Å²) < 4.78 is 39.9. The van der Waals surface area contributed by atoms with Crippen LogP contribution < -0.4 is 5.73 Å². The Bertz CT molecular complexity index is 1550. The first-order valence-electron chi connectivity index (χ1n) is 12.5. The number of fused-ring (bicyclic) bond motifs is 1. The summed E-state index contributed by atoms with van der Waals surface area (Å²) in [6.07, 6.45) is -1.28. The van der Waals surface area contributed by atoms with E-state index in [1.165, 1.54) is 36.2 Å². The number of hydrogen-bond donors (Lipinski definition) is 3. The Morgan fingerprint density at radius 1 is 1.23 bits per heavy atom. The number of hydrogen-bond acceptors (Lipinski definition) is 9. The van der Waals surface area contributed by atoms with Crippen LogP contribution in [-0.2, 0) is 6.42 Å². The molecule has 0 spiro atoms. The van der Waals surface area contributed by atoms with Crippen molar-refractivity contribution in [2.24, 2.45) is 0 Å². The van der Waals surface area contributed by atoms with Gasteiger partial charge in [0.15, 0.2) is 17.5 Å². The normalized spacial score (nSPS) is 18.4. The summed E-state index contributed by atoms with van der Waals surface area (Å²) in [5.41, 5.74) is 7.55. The molecule has 1 amide bonds. The van der Waals surface area contributed by atoms with Crippen LogP contribution in [0.3, 0.4) is 0 Å². The van der Waals surface area contributed by atoms with Crippen molar-refractivity contribution in [2.75, 3.05) is 5.73 Å². The number of H-pyrrole nitrogens is 1. The van der Waals surface area contributed by atoms with Gasteiger partial charge in [-0.15, -0.1) is 0 Å². The number of halogens is 3. The maximum atomic E-state index is 13.0. The number of amides is 1. The van der Waals surface area contributed by atoms with Gasteiger partial charge in [-0.3, -0.25) is 19.7 Å². The van der Waals surface area contributed by atoms with Crippen LogP contribution in [0, 0.1) is 0 Å². The van der Waals surface area contributed by atoms with Gasteiger partial charge < -0.3 is 15.7 Å². The minimum absolute atomic E-state index is 0.0110. The number of aryl methyl sites for hydroxylation is 1. The highest BCUT2D eigenvalue weighted by atomic mass is 19.4. The molecule has 0 aromatic carbocycles. The van der Waals surface area contributed by atoms with Crippen LogP contribution in [0.15, 0.2) is 30.9 Å². The van der Waals surface area contributed by atoms with E-state index >= 15 is 0 Å². The van der Waals surface area contributed by atoms with E-state index < -0.39 is 18.0 Å². The molecule has 1 fully saturated rings. The van der Waals surface area contributed by atoms with Crippen molar-refractivity contribution >= 4 is 23.2 Å². The number of carbonyl (C=O) groups excluding carboxylic acids is 2. The highest BCUT2D eigenvalue weighted by Gasteiger charge is 2.40. The van der Waals surface area contributed by atoms with Crippen molar-refractivity contribution in [3.05, 3.63) is 53.6 Å². The minimum Gasteiger partial charge on any atom is -0.383 e. The molecule has 4 aromatic heterocycles. The molecule has 1 aliphatic rings. The first kappa shape index (κ1) is 27.2. The van der Waals surface area contributed by atoms with Crippen LogP contribution in [0.1, 0.15) is 71.6 Å². The molecule has 1 saturated heterocycles. The largest absolute Gasteiger partial charge is 0.420 e.